The number of hydrogen-bond acceptors (Lipinski definition) is 3. The van der Waals surface area contributed by atoms with Crippen molar-refractivity contribution in [1.82, 2.24) is 5.32 Å². The second-order valence-corrected chi connectivity index (χ2v) is 2.52. The fraction of sp³-hybridized carbons (Fsp3) is 0.222. The Morgan fingerprint density at radius 3 is 2.83 bits per heavy atom. The highest BCUT2D eigenvalue weighted by atomic mass is 16.5. The maximum absolute atomic E-state index is 4.95. The Labute approximate surface area is 72.1 Å². The van der Waals surface area contributed by atoms with Gasteiger partial charge in [-0.25, -0.2) is 4.99 Å². The quantitative estimate of drug-likeness (QED) is 0.628. The summed E-state index contributed by atoms with van der Waals surface area (Å²) in [6, 6.07) is 0. The summed E-state index contributed by atoms with van der Waals surface area (Å²) in [7, 11) is 1.57. The van der Waals surface area contributed by atoms with E-state index in [0.717, 1.165) is 11.4 Å². The summed E-state index contributed by atoms with van der Waals surface area (Å²) in [5.41, 5.74) is 1.71. The predicted octanol–water partition coefficient (Wildman–Crippen LogP) is 1.57. The smallest absolute Gasteiger partial charge is 0.137 e. The van der Waals surface area contributed by atoms with Crippen LogP contribution in [-0.2, 0) is 4.74 Å². The number of nitrogens with zero attached hydrogens (tertiary/aromatic N) is 1. The highest BCUT2D eigenvalue weighted by Gasteiger charge is 2.08. The lowest BCUT2D eigenvalue weighted by molar-refractivity contribution is 0.317. The minimum atomic E-state index is 0.553. The van der Waals surface area contributed by atoms with E-state index in [1.54, 1.807) is 7.11 Å². The van der Waals surface area contributed by atoms with Crippen molar-refractivity contribution in [2.24, 2.45) is 4.99 Å². The van der Waals surface area contributed by atoms with E-state index in [1.165, 1.54) is 0 Å². The molecule has 0 aliphatic carbocycles. The van der Waals surface area contributed by atoms with Gasteiger partial charge in [-0.2, -0.15) is 0 Å². The van der Waals surface area contributed by atoms with Crippen LogP contribution in [0.4, 0.5) is 0 Å². The predicted molar refractivity (Wildman–Crippen MR) is 49.6 cm³/mol. The number of hydrogen-bond donors (Lipinski definition) is 1. The van der Waals surface area contributed by atoms with Crippen LogP contribution in [0.1, 0.15) is 6.92 Å². The van der Waals surface area contributed by atoms with Crippen molar-refractivity contribution in [1.29, 1.82) is 0 Å². The molecule has 0 saturated carbocycles. The summed E-state index contributed by atoms with van der Waals surface area (Å²) in [5, 5.41) is 2.97. The molecule has 0 fully saturated rings. The first kappa shape index (κ1) is 8.59. The van der Waals surface area contributed by atoms with Crippen molar-refractivity contribution in [3.8, 4) is 0 Å². The molecule has 0 atom stereocenters. The van der Waals surface area contributed by atoms with Crippen LogP contribution in [0.2, 0.25) is 0 Å². The molecule has 0 aromatic rings. The Morgan fingerprint density at radius 1 is 1.67 bits per heavy atom. The molecule has 0 aromatic heterocycles. The van der Waals surface area contributed by atoms with Gasteiger partial charge in [-0.15, -0.1) is 0 Å². The Morgan fingerprint density at radius 2 is 2.33 bits per heavy atom. The molecule has 1 heterocycles. The third-order valence-corrected chi connectivity index (χ3v) is 1.48. The van der Waals surface area contributed by atoms with Gasteiger partial charge in [0.1, 0.15) is 17.3 Å². The zero-order chi connectivity index (χ0) is 9.14. The molecule has 1 rings (SSSR count). The van der Waals surface area contributed by atoms with E-state index in [1.807, 2.05) is 13.0 Å². The number of nitrogens with one attached hydrogen (secondary N) is 1. The van der Waals surface area contributed by atoms with Gasteiger partial charge in [-0.3, -0.25) is 0 Å². The molecule has 0 radical (unpaired) electrons. The molecule has 0 unspecified atom stereocenters. The van der Waals surface area contributed by atoms with Gasteiger partial charge in [-0.1, -0.05) is 13.2 Å². The van der Waals surface area contributed by atoms with Crippen molar-refractivity contribution in [3.05, 3.63) is 36.5 Å². The largest absolute Gasteiger partial charge is 0.495 e. The van der Waals surface area contributed by atoms with Gasteiger partial charge in [-0.05, 0) is 13.0 Å². The number of allylic oxidation sites excluding steroid dienone is 2. The third-order valence-electron chi connectivity index (χ3n) is 1.48. The van der Waals surface area contributed by atoms with E-state index in [0.29, 0.717) is 11.6 Å². The van der Waals surface area contributed by atoms with Gasteiger partial charge in [0.2, 0.25) is 0 Å². The lowest BCUT2D eigenvalue weighted by Gasteiger charge is -2.14. The molecule has 12 heavy (non-hydrogen) atoms. The zero-order valence-electron chi connectivity index (χ0n) is 7.35. The van der Waals surface area contributed by atoms with Gasteiger partial charge < -0.3 is 10.1 Å². The van der Waals surface area contributed by atoms with E-state index in [4.69, 9.17) is 4.74 Å². The fourth-order valence-corrected chi connectivity index (χ4v) is 0.922. The average Bonchev–Trinajstić information content (AvgIpc) is 2.01. The number of ether oxygens (including phenoxy) is 1. The van der Waals surface area contributed by atoms with E-state index < -0.39 is 0 Å². The molecule has 0 aromatic carbocycles. The first-order valence-corrected chi connectivity index (χ1v) is 3.59. The number of aliphatic imine (C=N–C) groups is 1. The van der Waals surface area contributed by atoms with E-state index in [9.17, 15) is 0 Å². The Bertz CT molecular complexity index is 287. The van der Waals surface area contributed by atoms with Crippen LogP contribution in [0.25, 0.3) is 0 Å². The molecule has 1 N–H and O–H groups in total. The molecule has 0 saturated heterocycles. The topological polar surface area (TPSA) is 33.6 Å². The molecular weight excluding hydrogens is 152 g/mol. The van der Waals surface area contributed by atoms with Crippen LogP contribution in [0.5, 0.6) is 0 Å². The van der Waals surface area contributed by atoms with Crippen molar-refractivity contribution < 1.29 is 4.74 Å². The molecule has 1 aliphatic heterocycles. The molecule has 64 valence electrons. The van der Waals surface area contributed by atoms with E-state index >= 15 is 0 Å². The second kappa shape index (κ2) is 3.26. The highest BCUT2D eigenvalue weighted by molar-refractivity contribution is 6.07. The van der Waals surface area contributed by atoms with Crippen LogP contribution in [0.15, 0.2) is 41.5 Å². The summed E-state index contributed by atoms with van der Waals surface area (Å²) >= 11 is 0. The highest BCUT2D eigenvalue weighted by Crippen LogP contribution is 2.09. The summed E-state index contributed by atoms with van der Waals surface area (Å²) in [6.07, 6.45) is 1.86. The minimum absolute atomic E-state index is 0.553. The first-order chi connectivity index (χ1) is 5.63. The maximum atomic E-state index is 4.95. The lowest BCUT2D eigenvalue weighted by atomic mass is 10.2. The number of rotatable bonds is 2. The summed E-state index contributed by atoms with van der Waals surface area (Å²) < 4.78 is 4.95. The fourth-order valence-electron chi connectivity index (χ4n) is 0.922. The van der Waals surface area contributed by atoms with Gasteiger partial charge >= 0.3 is 0 Å². The Kier molecular flexibility index (Phi) is 2.33. The molecular formula is C9H12N2O. The summed E-state index contributed by atoms with van der Waals surface area (Å²) in [5.74, 6) is 1.17. The van der Waals surface area contributed by atoms with Crippen LogP contribution in [-0.4, -0.2) is 12.8 Å². The third kappa shape index (κ3) is 1.75. The molecule has 0 spiro atoms. The number of methoxy groups -OCH3 is 1. The van der Waals surface area contributed by atoms with Crippen LogP contribution < -0.4 is 5.32 Å². The summed E-state index contributed by atoms with van der Waals surface area (Å²) in [6.45, 7) is 9.33. The van der Waals surface area contributed by atoms with E-state index in [-0.39, 0.29) is 0 Å². The maximum Gasteiger partial charge on any atom is 0.137 e. The van der Waals surface area contributed by atoms with Gasteiger partial charge in [0, 0.05) is 5.70 Å². The van der Waals surface area contributed by atoms with Crippen LogP contribution in [0, 0.1) is 0 Å². The Balaban J connectivity index is 2.90. The Hall–Kier alpha value is -1.51. The van der Waals surface area contributed by atoms with Gasteiger partial charge in [0.15, 0.2) is 0 Å². The summed E-state index contributed by atoms with van der Waals surface area (Å²) in [4.78, 5) is 4.11. The lowest BCUT2D eigenvalue weighted by Crippen LogP contribution is -2.17. The van der Waals surface area contributed by atoms with Crippen molar-refractivity contribution in [2.75, 3.05) is 7.11 Å². The molecule has 0 bridgehead atoms. The standard InChI is InChI=1S/C9H12N2O/c1-6-5-9(7(2)12-4)11-8(3)10-6/h5,10H,2-3H2,1,4H3. The van der Waals surface area contributed by atoms with Crippen LogP contribution >= 0.6 is 0 Å². The minimum Gasteiger partial charge on any atom is -0.495 e. The van der Waals surface area contributed by atoms with Crippen molar-refractivity contribution in [3.63, 3.8) is 0 Å². The van der Waals surface area contributed by atoms with Gasteiger partial charge in [0.05, 0.1) is 7.11 Å². The van der Waals surface area contributed by atoms with Gasteiger partial charge in [0.25, 0.3) is 0 Å². The van der Waals surface area contributed by atoms with Crippen molar-refractivity contribution >= 4 is 5.71 Å². The average molecular weight is 164 g/mol. The molecule has 3 nitrogen and oxygen atoms in total. The monoisotopic (exact) mass is 164 g/mol. The normalized spacial score (nSPS) is 16.0. The van der Waals surface area contributed by atoms with Crippen molar-refractivity contribution in [2.45, 2.75) is 6.92 Å². The van der Waals surface area contributed by atoms with Crippen LogP contribution in [0.3, 0.4) is 0 Å². The molecule has 1 aliphatic rings. The second-order valence-electron chi connectivity index (χ2n) is 2.52. The van der Waals surface area contributed by atoms with E-state index in [2.05, 4.69) is 23.5 Å². The zero-order valence-corrected chi connectivity index (χ0v) is 7.35. The molecule has 0 amide bonds. The SMILES string of the molecule is C=C1N=C(C(=C)OC)C=C(C)N1. The molecule has 3 heteroatoms. The first-order valence-electron chi connectivity index (χ1n) is 3.59.